The maximum atomic E-state index is 13.3. The number of alkyl halides is 2. The lowest BCUT2D eigenvalue weighted by Crippen LogP contribution is -2.50. The Morgan fingerprint density at radius 3 is 1.20 bits per heavy atom. The Bertz CT molecular complexity index is 796. The van der Waals surface area contributed by atoms with Gasteiger partial charge in [-0.15, -0.1) is 0 Å². The number of carbonyl (C=O) groups excluding carboxylic acids is 2. The van der Waals surface area contributed by atoms with Gasteiger partial charge in [-0.25, -0.2) is 0 Å². The quantitative estimate of drug-likeness (QED) is 0.238. The van der Waals surface area contributed by atoms with Gasteiger partial charge in [0, 0.05) is 22.5 Å². The van der Waals surface area contributed by atoms with E-state index in [2.05, 4.69) is 31.9 Å². The Morgan fingerprint density at radius 2 is 0.950 bits per heavy atom. The number of ether oxygens (including phenoxy) is 6. The number of hydrogen-bond donors (Lipinski definition) is 2. The molecular weight excluding hydrogens is 656 g/mol. The average Bonchev–Trinajstić information content (AvgIpc) is 3.27. The van der Waals surface area contributed by atoms with Crippen LogP contribution in [0.25, 0.3) is 0 Å². The van der Waals surface area contributed by atoms with E-state index in [1.807, 2.05) is 0 Å². The minimum Gasteiger partial charge on any atom is -0.460 e. The first-order chi connectivity index (χ1) is 18.1. The van der Waals surface area contributed by atoms with Crippen molar-refractivity contribution in [1.82, 2.24) is 0 Å². The molecule has 40 heavy (non-hydrogen) atoms. The summed E-state index contributed by atoms with van der Waals surface area (Å²) in [7, 11) is 0. The minimum atomic E-state index is -1.08. The molecule has 2 aliphatic rings. The third-order valence-electron chi connectivity index (χ3n) is 6.44. The molecule has 0 aromatic carbocycles. The molecule has 2 heterocycles. The summed E-state index contributed by atoms with van der Waals surface area (Å²) in [6.07, 6.45) is -5.63. The predicted molar refractivity (Wildman–Crippen MR) is 155 cm³/mol. The summed E-state index contributed by atoms with van der Waals surface area (Å²) in [5.74, 6) is -4.69. The lowest BCUT2D eigenvalue weighted by Gasteiger charge is -2.38. The van der Waals surface area contributed by atoms with Gasteiger partial charge in [0.15, 0.2) is 11.6 Å². The van der Waals surface area contributed by atoms with Crippen LogP contribution < -0.4 is 0 Å². The molecule has 2 aliphatic heterocycles. The molecule has 0 aromatic rings. The Morgan fingerprint density at radius 1 is 0.675 bits per heavy atom. The van der Waals surface area contributed by atoms with Crippen LogP contribution in [0, 0.1) is 11.8 Å². The van der Waals surface area contributed by atoms with Crippen LogP contribution in [0.15, 0.2) is 0 Å². The van der Waals surface area contributed by atoms with Gasteiger partial charge in [0.25, 0.3) is 0 Å². The lowest BCUT2D eigenvalue weighted by molar-refractivity contribution is -0.177. The molecule has 0 aliphatic carbocycles. The van der Waals surface area contributed by atoms with Crippen molar-refractivity contribution in [3.05, 3.63) is 0 Å². The van der Waals surface area contributed by atoms with Crippen molar-refractivity contribution < 1.29 is 48.2 Å². The van der Waals surface area contributed by atoms with Gasteiger partial charge in [-0.1, -0.05) is 31.9 Å². The minimum absolute atomic E-state index is 0.169. The van der Waals surface area contributed by atoms with E-state index in [1.165, 1.54) is 0 Å². The van der Waals surface area contributed by atoms with Crippen LogP contribution in [0.4, 0.5) is 0 Å². The van der Waals surface area contributed by atoms with E-state index >= 15 is 0 Å². The van der Waals surface area contributed by atoms with Crippen molar-refractivity contribution >= 4 is 43.8 Å². The summed E-state index contributed by atoms with van der Waals surface area (Å²) in [6.45, 7) is 17.5. The highest BCUT2D eigenvalue weighted by molar-refractivity contribution is 9.09. The fraction of sp³-hybridized carbons (Fsp3) is 0.929. The van der Waals surface area contributed by atoms with Gasteiger partial charge in [-0.3, -0.25) is 9.59 Å². The average molecular weight is 704 g/mol. The zero-order chi connectivity index (χ0) is 30.8. The third kappa shape index (κ3) is 10.4. The first-order valence-electron chi connectivity index (χ1n) is 13.7. The smallest absolute Gasteiger partial charge is 0.306 e. The van der Waals surface area contributed by atoms with Crippen LogP contribution in [-0.2, 0) is 38.0 Å². The van der Waals surface area contributed by atoms with Gasteiger partial charge in [0.05, 0.1) is 37.3 Å². The first kappa shape index (κ1) is 35.9. The second-order valence-electron chi connectivity index (χ2n) is 13.5. The first-order valence-corrected chi connectivity index (χ1v) is 16.0. The molecule has 2 fully saturated rings. The van der Waals surface area contributed by atoms with Crippen LogP contribution in [0.5, 0.6) is 0 Å². The van der Waals surface area contributed by atoms with Crippen LogP contribution >= 0.6 is 31.9 Å². The van der Waals surface area contributed by atoms with Gasteiger partial charge in [-0.2, -0.15) is 0 Å². The molecule has 0 saturated carbocycles. The maximum Gasteiger partial charge on any atom is 0.306 e. The highest BCUT2D eigenvalue weighted by Gasteiger charge is 2.56. The van der Waals surface area contributed by atoms with Crippen LogP contribution in [0.1, 0.15) is 82.1 Å². The molecule has 2 N–H and O–H groups in total. The van der Waals surface area contributed by atoms with Gasteiger partial charge < -0.3 is 38.6 Å². The molecule has 0 aromatic heterocycles. The largest absolute Gasteiger partial charge is 0.460 e. The molecule has 2 saturated heterocycles. The van der Waals surface area contributed by atoms with Crippen molar-refractivity contribution in [3.8, 4) is 0 Å². The van der Waals surface area contributed by atoms with Crippen molar-refractivity contribution in [1.29, 1.82) is 0 Å². The van der Waals surface area contributed by atoms with Crippen LogP contribution in [0.2, 0.25) is 0 Å². The fourth-order valence-electron chi connectivity index (χ4n) is 5.24. The second kappa shape index (κ2) is 13.5. The molecule has 234 valence electrons. The predicted octanol–water partition coefficient (Wildman–Crippen LogP) is 4.23. The van der Waals surface area contributed by atoms with Crippen molar-refractivity contribution in [2.24, 2.45) is 11.8 Å². The number of aliphatic hydroxyl groups excluding tert-OH is 2. The maximum absolute atomic E-state index is 13.3. The number of carbonyl (C=O) groups is 2. The summed E-state index contributed by atoms with van der Waals surface area (Å²) in [6, 6.07) is 0. The number of rotatable bonds is 11. The lowest BCUT2D eigenvalue weighted by atomic mass is 9.75. The fourth-order valence-corrected chi connectivity index (χ4v) is 5.98. The van der Waals surface area contributed by atoms with Crippen LogP contribution in [0.3, 0.4) is 0 Å². The molecule has 12 heteroatoms. The molecule has 0 amide bonds. The third-order valence-corrected chi connectivity index (χ3v) is 7.77. The molecule has 0 unspecified atom stereocenters. The van der Waals surface area contributed by atoms with Gasteiger partial charge in [0.1, 0.15) is 23.4 Å². The summed E-state index contributed by atoms with van der Waals surface area (Å²) < 4.78 is 36.3. The Hall–Kier alpha value is -0.340. The Balaban J connectivity index is 2.67. The SMILES string of the molecule is CC(C)(C)OC(=O)C[C@@H]([C@H](CC(=O)OC(C)(C)C)[C@@H]1OC(C)(C)O[C@@H]1[C@H](O)CBr)[C@@H]1OC(C)(C)O[C@@H]1[C@H](O)CBr. The number of halogens is 2. The van der Waals surface area contributed by atoms with E-state index in [0.717, 1.165) is 0 Å². The summed E-state index contributed by atoms with van der Waals surface area (Å²) in [5.41, 5.74) is -1.51. The zero-order valence-electron chi connectivity index (χ0n) is 25.4. The number of esters is 2. The Kier molecular flexibility index (Phi) is 12.1. The van der Waals surface area contributed by atoms with Gasteiger partial charge in [0.2, 0.25) is 0 Å². The van der Waals surface area contributed by atoms with E-state index in [0.29, 0.717) is 0 Å². The molecule has 8 atom stereocenters. The number of hydrogen-bond acceptors (Lipinski definition) is 10. The summed E-state index contributed by atoms with van der Waals surface area (Å²) in [5, 5.41) is 22.2. The topological polar surface area (TPSA) is 130 Å². The van der Waals surface area contributed by atoms with E-state index < -0.39 is 83.2 Å². The molecular formula is C28H48Br2O10. The molecule has 0 bridgehead atoms. The monoisotopic (exact) mass is 702 g/mol. The highest BCUT2D eigenvalue weighted by Crippen LogP contribution is 2.45. The van der Waals surface area contributed by atoms with E-state index in [-0.39, 0.29) is 23.5 Å². The van der Waals surface area contributed by atoms with E-state index in [1.54, 1.807) is 69.2 Å². The van der Waals surface area contributed by atoms with Gasteiger partial charge >= 0.3 is 11.9 Å². The molecule has 2 rings (SSSR count). The normalized spacial score (nSPS) is 29.4. The Labute approximate surface area is 255 Å². The van der Waals surface area contributed by atoms with E-state index in [9.17, 15) is 19.8 Å². The molecule has 0 spiro atoms. The zero-order valence-corrected chi connectivity index (χ0v) is 28.5. The molecule has 10 nitrogen and oxygen atoms in total. The molecule has 0 radical (unpaired) electrons. The second-order valence-corrected chi connectivity index (χ2v) is 14.8. The summed E-state index contributed by atoms with van der Waals surface area (Å²) in [4.78, 5) is 26.7. The van der Waals surface area contributed by atoms with Gasteiger partial charge in [-0.05, 0) is 69.2 Å². The standard InChI is InChI=1S/C28H48Br2O10/c1-25(2,3)35-19(33)11-15(21-23(17(31)13-29)39-27(7,8)37-21)16(12-20(34)36-26(4,5)6)22-24(18(32)14-30)40-28(9,10)38-22/h15-18,21-24,31-32H,11-14H2,1-10H3/t15-,16-,17+,18+,21-,22-,23+,24+/m0/s1. The number of aliphatic hydroxyl groups is 2. The van der Waals surface area contributed by atoms with E-state index in [4.69, 9.17) is 28.4 Å². The summed E-state index contributed by atoms with van der Waals surface area (Å²) >= 11 is 6.65. The van der Waals surface area contributed by atoms with Crippen molar-refractivity contribution in [2.45, 2.75) is 141 Å². The van der Waals surface area contributed by atoms with Crippen LogP contribution in [-0.4, -0.2) is 92.2 Å². The van der Waals surface area contributed by atoms with Crippen molar-refractivity contribution in [2.75, 3.05) is 10.7 Å². The van der Waals surface area contributed by atoms with Crippen molar-refractivity contribution in [3.63, 3.8) is 0 Å². The highest BCUT2D eigenvalue weighted by atomic mass is 79.9.